The van der Waals surface area contributed by atoms with Crippen LogP contribution in [0.1, 0.15) is 11.5 Å². The van der Waals surface area contributed by atoms with Crippen LogP contribution in [0.2, 0.25) is 0 Å². The van der Waals surface area contributed by atoms with Gasteiger partial charge in [0.1, 0.15) is 5.82 Å². The second-order valence-corrected chi connectivity index (χ2v) is 6.95. The summed E-state index contributed by atoms with van der Waals surface area (Å²) in [6.07, 6.45) is 0.725. The molecule has 28 heavy (non-hydrogen) atoms. The lowest BCUT2D eigenvalue weighted by Gasteiger charge is -2.04. The summed E-state index contributed by atoms with van der Waals surface area (Å²) >= 11 is 1.33. The van der Waals surface area contributed by atoms with Crippen LogP contribution in [0.15, 0.2) is 69.1 Å². The summed E-state index contributed by atoms with van der Waals surface area (Å²) in [6, 6.07) is 15.8. The van der Waals surface area contributed by atoms with E-state index in [-0.39, 0.29) is 11.5 Å². The molecule has 0 atom stereocenters. The van der Waals surface area contributed by atoms with Gasteiger partial charge >= 0.3 is 5.69 Å². The van der Waals surface area contributed by atoms with Gasteiger partial charge < -0.3 is 4.52 Å². The van der Waals surface area contributed by atoms with E-state index in [0.717, 1.165) is 12.0 Å². The van der Waals surface area contributed by atoms with Gasteiger partial charge in [-0.05, 0) is 36.2 Å². The van der Waals surface area contributed by atoms with E-state index < -0.39 is 0 Å². The van der Waals surface area contributed by atoms with E-state index in [1.54, 1.807) is 16.7 Å². The number of thioether (sulfide) groups is 1. The maximum atomic E-state index is 13.0. The first-order valence-corrected chi connectivity index (χ1v) is 9.58. The van der Waals surface area contributed by atoms with E-state index in [4.69, 9.17) is 4.52 Å². The smallest absolute Gasteiger partial charge is 0.338 e. The Bertz CT molecular complexity index is 1110. The summed E-state index contributed by atoms with van der Waals surface area (Å²) in [4.78, 5) is 16.3. The molecule has 0 aliphatic heterocycles. The first-order chi connectivity index (χ1) is 13.7. The Hall–Kier alpha value is -3.20. The molecule has 142 valence electrons. The SMILES string of the molecule is O=c1[nH]nc(SCc2nc(-c3ccc(F)cc3)no2)n1CCc1ccccc1. The zero-order valence-electron chi connectivity index (χ0n) is 14.7. The second-order valence-electron chi connectivity index (χ2n) is 6.01. The Morgan fingerprint density at radius 1 is 1.11 bits per heavy atom. The van der Waals surface area contributed by atoms with Crippen molar-refractivity contribution in [1.82, 2.24) is 24.9 Å². The molecule has 0 saturated heterocycles. The number of aryl methyl sites for hydroxylation is 1. The molecule has 0 fully saturated rings. The Morgan fingerprint density at radius 3 is 2.68 bits per heavy atom. The van der Waals surface area contributed by atoms with Crippen LogP contribution in [0, 0.1) is 5.82 Å². The van der Waals surface area contributed by atoms with Crippen molar-refractivity contribution in [3.8, 4) is 11.4 Å². The van der Waals surface area contributed by atoms with Gasteiger partial charge in [-0.1, -0.05) is 47.3 Å². The molecule has 4 rings (SSSR count). The molecule has 0 saturated carbocycles. The summed E-state index contributed by atoms with van der Waals surface area (Å²) in [6.45, 7) is 0.520. The number of hydrogen-bond acceptors (Lipinski definition) is 6. The van der Waals surface area contributed by atoms with Crippen LogP contribution in [0.4, 0.5) is 4.39 Å². The Kier molecular flexibility index (Phi) is 5.34. The van der Waals surface area contributed by atoms with Gasteiger partial charge in [-0.25, -0.2) is 14.3 Å². The highest BCUT2D eigenvalue weighted by molar-refractivity contribution is 7.98. The number of nitrogens with one attached hydrogen (secondary N) is 1. The van der Waals surface area contributed by atoms with Crippen molar-refractivity contribution in [3.05, 3.63) is 82.4 Å². The predicted octanol–water partition coefficient (Wildman–Crippen LogP) is 3.30. The standard InChI is InChI=1S/C19H16FN5O2S/c20-15-8-6-14(7-9-15)17-21-16(27-24-17)12-28-19-23-22-18(26)25(19)11-10-13-4-2-1-3-5-13/h1-9H,10-12H2,(H,22,26). The molecule has 2 aromatic carbocycles. The van der Waals surface area contributed by atoms with Gasteiger partial charge in [-0.2, -0.15) is 4.98 Å². The average Bonchev–Trinajstić information content (AvgIpc) is 3.33. The lowest BCUT2D eigenvalue weighted by atomic mass is 10.1. The normalized spacial score (nSPS) is 11.0. The lowest BCUT2D eigenvalue weighted by molar-refractivity contribution is 0.391. The molecule has 9 heteroatoms. The molecule has 1 N–H and O–H groups in total. The minimum absolute atomic E-state index is 0.254. The molecular weight excluding hydrogens is 381 g/mol. The maximum Gasteiger partial charge on any atom is 0.343 e. The highest BCUT2D eigenvalue weighted by Crippen LogP contribution is 2.22. The molecule has 4 aromatic rings. The number of rotatable bonds is 7. The molecule has 0 aliphatic rings. The van der Waals surface area contributed by atoms with E-state index in [2.05, 4.69) is 20.3 Å². The molecule has 0 aliphatic carbocycles. The lowest BCUT2D eigenvalue weighted by Crippen LogP contribution is -2.18. The largest absolute Gasteiger partial charge is 0.343 e. The maximum absolute atomic E-state index is 13.0. The fourth-order valence-electron chi connectivity index (χ4n) is 2.65. The number of aromatic amines is 1. The minimum Gasteiger partial charge on any atom is -0.338 e. The van der Waals surface area contributed by atoms with Gasteiger partial charge in [0.15, 0.2) is 5.16 Å². The molecule has 0 amide bonds. The zero-order valence-corrected chi connectivity index (χ0v) is 15.5. The van der Waals surface area contributed by atoms with Crippen LogP contribution in [0.5, 0.6) is 0 Å². The number of aromatic nitrogens is 5. The van der Waals surface area contributed by atoms with Crippen LogP contribution in [0.3, 0.4) is 0 Å². The molecule has 0 bridgehead atoms. The predicted molar refractivity (Wildman–Crippen MR) is 102 cm³/mol. The molecule has 2 aromatic heterocycles. The molecule has 2 heterocycles. The van der Waals surface area contributed by atoms with E-state index in [1.165, 1.54) is 23.9 Å². The number of H-pyrrole nitrogens is 1. The Labute approximate surface area is 163 Å². The topological polar surface area (TPSA) is 89.6 Å². The highest BCUT2D eigenvalue weighted by atomic mass is 32.2. The zero-order chi connectivity index (χ0) is 19.3. The third-order valence-electron chi connectivity index (χ3n) is 4.09. The van der Waals surface area contributed by atoms with Gasteiger partial charge in [0.2, 0.25) is 11.7 Å². The second kappa shape index (κ2) is 8.22. The molecule has 7 nitrogen and oxygen atoms in total. The third kappa shape index (κ3) is 4.20. The molecule has 0 spiro atoms. The van der Waals surface area contributed by atoms with Gasteiger partial charge in [-0.3, -0.25) is 4.57 Å². The summed E-state index contributed by atoms with van der Waals surface area (Å²) in [7, 11) is 0. The van der Waals surface area contributed by atoms with Crippen LogP contribution < -0.4 is 5.69 Å². The number of benzene rings is 2. The van der Waals surface area contributed by atoms with Crippen LogP contribution in [-0.2, 0) is 18.7 Å². The van der Waals surface area contributed by atoms with Crippen molar-refractivity contribution in [2.45, 2.75) is 23.9 Å². The number of halogens is 1. The molecule has 0 unspecified atom stereocenters. The number of nitrogens with zero attached hydrogens (tertiary/aromatic N) is 4. The first-order valence-electron chi connectivity index (χ1n) is 8.59. The molecule has 0 radical (unpaired) electrons. The van der Waals surface area contributed by atoms with E-state index in [9.17, 15) is 9.18 Å². The quantitative estimate of drug-likeness (QED) is 0.481. The van der Waals surface area contributed by atoms with Crippen molar-refractivity contribution in [1.29, 1.82) is 0 Å². The van der Waals surface area contributed by atoms with Crippen LogP contribution >= 0.6 is 11.8 Å². The summed E-state index contributed by atoms with van der Waals surface area (Å²) in [5.41, 5.74) is 1.56. The van der Waals surface area contributed by atoms with Crippen molar-refractivity contribution < 1.29 is 8.91 Å². The summed E-state index contributed by atoms with van der Waals surface area (Å²) < 4.78 is 19.9. The fourth-order valence-corrected chi connectivity index (χ4v) is 3.46. The summed E-state index contributed by atoms with van der Waals surface area (Å²) in [5, 5.41) is 11.0. The number of hydrogen-bond donors (Lipinski definition) is 1. The van der Waals surface area contributed by atoms with Gasteiger partial charge in [0.05, 0.1) is 5.75 Å². The van der Waals surface area contributed by atoms with E-state index in [0.29, 0.717) is 34.7 Å². The van der Waals surface area contributed by atoms with Crippen molar-refractivity contribution in [2.24, 2.45) is 0 Å². The fraction of sp³-hybridized carbons (Fsp3) is 0.158. The molecular formula is C19H16FN5O2S. The van der Waals surface area contributed by atoms with E-state index in [1.807, 2.05) is 30.3 Å². The van der Waals surface area contributed by atoms with Crippen molar-refractivity contribution in [3.63, 3.8) is 0 Å². The van der Waals surface area contributed by atoms with E-state index >= 15 is 0 Å². The Morgan fingerprint density at radius 2 is 1.89 bits per heavy atom. The minimum atomic E-state index is -0.324. The van der Waals surface area contributed by atoms with Crippen LogP contribution in [0.25, 0.3) is 11.4 Å². The van der Waals surface area contributed by atoms with Crippen molar-refractivity contribution >= 4 is 11.8 Å². The summed E-state index contributed by atoms with van der Waals surface area (Å²) in [5.74, 6) is 0.826. The van der Waals surface area contributed by atoms with Gasteiger partial charge in [-0.15, -0.1) is 5.10 Å². The van der Waals surface area contributed by atoms with Gasteiger partial charge in [0.25, 0.3) is 0 Å². The highest BCUT2D eigenvalue weighted by Gasteiger charge is 2.13. The average molecular weight is 397 g/mol. The van der Waals surface area contributed by atoms with Crippen LogP contribution in [-0.4, -0.2) is 24.9 Å². The first kappa shape index (κ1) is 18.2. The third-order valence-corrected chi connectivity index (χ3v) is 5.05. The Balaban J connectivity index is 1.41. The monoisotopic (exact) mass is 397 g/mol. The van der Waals surface area contributed by atoms with Crippen molar-refractivity contribution in [2.75, 3.05) is 0 Å². The van der Waals surface area contributed by atoms with Gasteiger partial charge in [0, 0.05) is 12.1 Å².